The molecule has 2 nitrogen and oxygen atoms in total. The Balaban J connectivity index is 1.32. The Hall–Kier alpha value is -1.29. The minimum atomic E-state index is 0.273. The van der Waals surface area contributed by atoms with Crippen LogP contribution in [-0.2, 0) is 16.1 Å². The number of benzene rings is 2. The third kappa shape index (κ3) is 4.10. The average molecular weight is 286 g/mol. The molecule has 1 fully saturated rings. The summed E-state index contributed by atoms with van der Waals surface area (Å²) in [5, 5.41) is 0. The molecule has 1 saturated heterocycles. The van der Waals surface area contributed by atoms with Crippen LogP contribution in [0.3, 0.4) is 0 Å². The Morgan fingerprint density at radius 3 is 2.35 bits per heavy atom. The average Bonchev–Trinajstić information content (AvgIpc) is 3.26. The molecule has 2 aromatic rings. The first-order valence-corrected chi connectivity index (χ1v) is 7.85. The van der Waals surface area contributed by atoms with E-state index in [1.807, 2.05) is 36.0 Å². The summed E-state index contributed by atoms with van der Waals surface area (Å²) in [4.78, 5) is 1.30. The van der Waals surface area contributed by atoms with E-state index in [2.05, 4.69) is 36.4 Å². The van der Waals surface area contributed by atoms with E-state index < -0.39 is 0 Å². The number of epoxide rings is 1. The number of rotatable bonds is 7. The summed E-state index contributed by atoms with van der Waals surface area (Å²) in [5.74, 6) is 1.00. The van der Waals surface area contributed by atoms with Crippen molar-refractivity contribution in [1.82, 2.24) is 0 Å². The van der Waals surface area contributed by atoms with E-state index in [1.165, 1.54) is 10.5 Å². The normalized spacial score (nSPS) is 20.8. The van der Waals surface area contributed by atoms with E-state index in [4.69, 9.17) is 9.47 Å². The minimum absolute atomic E-state index is 0.273. The molecule has 2 atom stereocenters. The van der Waals surface area contributed by atoms with Gasteiger partial charge in [0.05, 0.1) is 19.3 Å². The zero-order valence-electron chi connectivity index (χ0n) is 11.3. The highest BCUT2D eigenvalue weighted by Crippen LogP contribution is 2.29. The first-order chi connectivity index (χ1) is 9.92. The van der Waals surface area contributed by atoms with Gasteiger partial charge in [-0.3, -0.25) is 0 Å². The monoisotopic (exact) mass is 286 g/mol. The van der Waals surface area contributed by atoms with Crippen molar-refractivity contribution in [2.24, 2.45) is 0 Å². The van der Waals surface area contributed by atoms with E-state index in [9.17, 15) is 0 Å². The highest BCUT2D eigenvalue weighted by molar-refractivity contribution is 7.99. The van der Waals surface area contributed by atoms with Crippen molar-refractivity contribution in [3.8, 4) is 0 Å². The highest BCUT2D eigenvalue weighted by Gasteiger charge is 2.38. The summed E-state index contributed by atoms with van der Waals surface area (Å²) in [5.41, 5.74) is 1.21. The van der Waals surface area contributed by atoms with Crippen LogP contribution >= 0.6 is 11.8 Å². The quantitative estimate of drug-likeness (QED) is 0.571. The van der Waals surface area contributed by atoms with Crippen LogP contribution in [0.25, 0.3) is 0 Å². The van der Waals surface area contributed by atoms with Crippen LogP contribution in [0.1, 0.15) is 5.56 Å². The number of thioether (sulfide) groups is 1. The van der Waals surface area contributed by atoms with Crippen molar-refractivity contribution >= 4 is 11.8 Å². The van der Waals surface area contributed by atoms with Crippen molar-refractivity contribution in [2.75, 3.05) is 12.4 Å². The van der Waals surface area contributed by atoms with Crippen molar-refractivity contribution in [1.29, 1.82) is 0 Å². The van der Waals surface area contributed by atoms with Crippen molar-refractivity contribution in [2.45, 2.75) is 23.7 Å². The Morgan fingerprint density at radius 2 is 1.60 bits per heavy atom. The second-order valence-corrected chi connectivity index (χ2v) is 5.93. The zero-order chi connectivity index (χ0) is 13.6. The molecule has 3 rings (SSSR count). The summed E-state index contributed by atoms with van der Waals surface area (Å²) in [7, 11) is 0. The van der Waals surface area contributed by atoms with Gasteiger partial charge in [-0.1, -0.05) is 48.5 Å². The predicted octanol–water partition coefficient (Wildman–Crippen LogP) is 3.76. The van der Waals surface area contributed by atoms with Crippen LogP contribution in [0, 0.1) is 0 Å². The van der Waals surface area contributed by atoms with Gasteiger partial charge in [-0.05, 0) is 17.7 Å². The van der Waals surface area contributed by atoms with E-state index in [0.29, 0.717) is 19.3 Å². The van der Waals surface area contributed by atoms with Crippen LogP contribution in [0.4, 0.5) is 0 Å². The molecule has 1 aliphatic heterocycles. The SMILES string of the molecule is c1ccc(COC[C@@H]2O[C@@H]2CSc2ccccc2)cc1. The maximum absolute atomic E-state index is 5.69. The summed E-state index contributed by atoms with van der Waals surface area (Å²) >= 11 is 1.84. The van der Waals surface area contributed by atoms with Gasteiger partial charge in [-0.15, -0.1) is 11.8 Å². The van der Waals surface area contributed by atoms with Gasteiger partial charge < -0.3 is 9.47 Å². The molecule has 3 heteroatoms. The molecule has 104 valence electrons. The molecule has 2 aromatic carbocycles. The van der Waals surface area contributed by atoms with Crippen LogP contribution in [0.15, 0.2) is 65.6 Å². The molecule has 0 spiro atoms. The van der Waals surface area contributed by atoms with E-state index >= 15 is 0 Å². The van der Waals surface area contributed by atoms with Gasteiger partial charge in [-0.25, -0.2) is 0 Å². The fraction of sp³-hybridized carbons (Fsp3) is 0.294. The van der Waals surface area contributed by atoms with Gasteiger partial charge in [0.1, 0.15) is 6.10 Å². The summed E-state index contributed by atoms with van der Waals surface area (Å²) < 4.78 is 11.3. The Bertz CT molecular complexity index is 515. The Morgan fingerprint density at radius 1 is 0.900 bits per heavy atom. The van der Waals surface area contributed by atoms with Crippen molar-refractivity contribution in [3.63, 3.8) is 0 Å². The maximum Gasteiger partial charge on any atom is 0.108 e. The lowest BCUT2D eigenvalue weighted by atomic mass is 10.2. The first-order valence-electron chi connectivity index (χ1n) is 6.87. The van der Waals surface area contributed by atoms with Crippen molar-refractivity contribution < 1.29 is 9.47 Å². The Kier molecular flexibility index (Phi) is 4.74. The Labute approximate surface area is 124 Å². The maximum atomic E-state index is 5.69. The van der Waals surface area contributed by atoms with Crippen LogP contribution in [-0.4, -0.2) is 24.6 Å². The third-order valence-corrected chi connectivity index (χ3v) is 4.34. The number of ether oxygens (including phenoxy) is 2. The van der Waals surface area contributed by atoms with Gasteiger partial charge in [0.2, 0.25) is 0 Å². The van der Waals surface area contributed by atoms with Gasteiger partial charge in [-0.2, -0.15) is 0 Å². The summed E-state index contributed by atoms with van der Waals surface area (Å²) in [6, 6.07) is 20.7. The first kappa shape index (κ1) is 13.7. The number of hydrogen-bond acceptors (Lipinski definition) is 3. The molecule has 1 aliphatic rings. The van der Waals surface area contributed by atoms with Crippen LogP contribution < -0.4 is 0 Å². The van der Waals surface area contributed by atoms with Crippen LogP contribution in [0.5, 0.6) is 0 Å². The second-order valence-electron chi connectivity index (χ2n) is 4.84. The van der Waals surface area contributed by atoms with E-state index in [-0.39, 0.29) is 6.10 Å². The molecule has 1 heterocycles. The van der Waals surface area contributed by atoms with Gasteiger partial charge >= 0.3 is 0 Å². The van der Waals surface area contributed by atoms with Crippen LogP contribution in [0.2, 0.25) is 0 Å². The zero-order valence-corrected chi connectivity index (χ0v) is 12.1. The molecule has 0 saturated carbocycles. The molecule has 20 heavy (non-hydrogen) atoms. The predicted molar refractivity (Wildman–Crippen MR) is 81.9 cm³/mol. The molecule has 0 N–H and O–H groups in total. The second kappa shape index (κ2) is 6.93. The fourth-order valence-corrected chi connectivity index (χ4v) is 3.03. The fourth-order valence-electron chi connectivity index (χ4n) is 2.03. The van der Waals surface area contributed by atoms with E-state index in [0.717, 1.165) is 5.75 Å². The number of hydrogen-bond donors (Lipinski definition) is 0. The molecular weight excluding hydrogens is 268 g/mol. The highest BCUT2D eigenvalue weighted by atomic mass is 32.2. The largest absolute Gasteiger partial charge is 0.374 e. The van der Waals surface area contributed by atoms with Crippen molar-refractivity contribution in [3.05, 3.63) is 66.2 Å². The molecule has 0 bridgehead atoms. The molecule has 0 radical (unpaired) electrons. The lowest BCUT2D eigenvalue weighted by Crippen LogP contribution is -2.06. The van der Waals surface area contributed by atoms with E-state index in [1.54, 1.807) is 0 Å². The summed E-state index contributed by atoms with van der Waals surface area (Å²) in [6.45, 7) is 1.36. The van der Waals surface area contributed by atoms with Gasteiger partial charge in [0, 0.05) is 10.6 Å². The smallest absolute Gasteiger partial charge is 0.108 e. The minimum Gasteiger partial charge on any atom is -0.374 e. The van der Waals surface area contributed by atoms with Gasteiger partial charge in [0.15, 0.2) is 0 Å². The molecule has 0 aliphatic carbocycles. The molecule has 0 aromatic heterocycles. The van der Waals surface area contributed by atoms with Gasteiger partial charge in [0.25, 0.3) is 0 Å². The molecule has 0 unspecified atom stereocenters. The molecule has 0 amide bonds. The lowest BCUT2D eigenvalue weighted by molar-refractivity contribution is 0.104. The topological polar surface area (TPSA) is 21.8 Å². The lowest BCUT2D eigenvalue weighted by Gasteiger charge is -2.02. The third-order valence-electron chi connectivity index (χ3n) is 3.24. The summed E-state index contributed by atoms with van der Waals surface area (Å²) in [6.07, 6.45) is 0.617. The molecular formula is C17H18O2S. The standard InChI is InChI=1S/C17H18O2S/c1-3-7-14(8-4-1)11-18-12-16-17(19-16)13-20-15-9-5-2-6-10-15/h1-10,16-17H,11-13H2/t16-,17+/m0/s1.